The summed E-state index contributed by atoms with van der Waals surface area (Å²) in [6.07, 6.45) is 2.12. The molecule has 2 aliphatic heterocycles. The van der Waals surface area contributed by atoms with Crippen LogP contribution in [-0.4, -0.2) is 76.9 Å². The molecule has 9 nitrogen and oxygen atoms in total. The number of amides is 1. The van der Waals surface area contributed by atoms with E-state index in [0.29, 0.717) is 62.3 Å². The van der Waals surface area contributed by atoms with Crippen LogP contribution in [0.25, 0.3) is 0 Å². The van der Waals surface area contributed by atoms with E-state index < -0.39 is 6.17 Å². The maximum Gasteiger partial charge on any atom is 0.272 e. The number of ketones is 2. The number of methoxy groups -OCH3 is 1. The van der Waals surface area contributed by atoms with Gasteiger partial charge in [-0.3, -0.25) is 24.3 Å². The number of pyridine rings is 1. The van der Waals surface area contributed by atoms with Crippen molar-refractivity contribution in [3.8, 4) is 5.75 Å². The van der Waals surface area contributed by atoms with Crippen molar-refractivity contribution in [2.24, 2.45) is 11.8 Å². The Labute approximate surface area is 238 Å². The van der Waals surface area contributed by atoms with Gasteiger partial charge in [0.15, 0.2) is 11.6 Å². The molecule has 0 radical (unpaired) electrons. The topological polar surface area (TPSA) is 106 Å². The first-order chi connectivity index (χ1) is 19.8. The molecule has 1 aromatic carbocycles. The van der Waals surface area contributed by atoms with Crippen LogP contribution in [0.3, 0.4) is 0 Å². The van der Waals surface area contributed by atoms with E-state index in [9.17, 15) is 18.8 Å². The number of aryl methyl sites for hydroxylation is 1. The first kappa shape index (κ1) is 28.6. The Morgan fingerprint density at radius 3 is 2.37 bits per heavy atom. The highest BCUT2D eigenvalue weighted by atomic mass is 19.1. The van der Waals surface area contributed by atoms with Gasteiger partial charge in [-0.25, -0.2) is 4.39 Å². The van der Waals surface area contributed by atoms with Gasteiger partial charge in [-0.1, -0.05) is 5.16 Å². The van der Waals surface area contributed by atoms with Crippen LogP contribution in [-0.2, 0) is 6.54 Å². The maximum atomic E-state index is 14.9. The van der Waals surface area contributed by atoms with E-state index in [-0.39, 0.29) is 48.0 Å². The molecule has 0 spiro atoms. The van der Waals surface area contributed by atoms with Gasteiger partial charge in [-0.15, -0.1) is 0 Å². The predicted octanol–water partition coefficient (Wildman–Crippen LogP) is 4.55. The molecule has 1 unspecified atom stereocenters. The maximum absolute atomic E-state index is 14.9. The summed E-state index contributed by atoms with van der Waals surface area (Å²) in [5.74, 6) is 0.594. The molecule has 2 saturated heterocycles. The number of carbonyl (C=O) groups excluding carboxylic acids is 3. The first-order valence-electron chi connectivity index (χ1n) is 14.1. The van der Waals surface area contributed by atoms with Crippen molar-refractivity contribution in [2.45, 2.75) is 45.3 Å². The normalized spacial score (nSPS) is 20.1. The lowest BCUT2D eigenvalue weighted by Crippen LogP contribution is -2.42. The van der Waals surface area contributed by atoms with Crippen LogP contribution >= 0.6 is 0 Å². The molecular formula is C31H35FN4O5. The zero-order valence-electron chi connectivity index (χ0n) is 23.4. The molecule has 0 bridgehead atoms. The van der Waals surface area contributed by atoms with E-state index >= 15 is 0 Å². The molecule has 0 aliphatic carbocycles. The van der Waals surface area contributed by atoms with Crippen molar-refractivity contribution in [3.05, 3.63) is 76.9 Å². The minimum atomic E-state index is -1.12. The van der Waals surface area contributed by atoms with Crippen molar-refractivity contribution in [1.29, 1.82) is 0 Å². The lowest BCUT2D eigenvalue weighted by molar-refractivity contribution is 0.0643. The zero-order valence-corrected chi connectivity index (χ0v) is 23.4. The summed E-state index contributed by atoms with van der Waals surface area (Å²) in [6, 6.07) is 12.1. The molecule has 5 rings (SSSR count). The lowest BCUT2D eigenvalue weighted by Gasteiger charge is -2.34. The zero-order chi connectivity index (χ0) is 28.9. The molecule has 10 heteroatoms. The average Bonchev–Trinajstić information content (AvgIpc) is 3.42. The van der Waals surface area contributed by atoms with Crippen LogP contribution in [0.2, 0.25) is 0 Å². The Bertz CT molecular complexity index is 1370. The minimum Gasteiger partial charge on any atom is -0.497 e. The molecule has 41 heavy (non-hydrogen) atoms. The second kappa shape index (κ2) is 12.7. The number of likely N-dealkylation sites (tertiary alicyclic amines) is 2. The Kier molecular flexibility index (Phi) is 8.87. The van der Waals surface area contributed by atoms with Crippen LogP contribution < -0.4 is 4.74 Å². The van der Waals surface area contributed by atoms with Gasteiger partial charge in [-0.2, -0.15) is 0 Å². The Balaban J connectivity index is 1.09. The van der Waals surface area contributed by atoms with Gasteiger partial charge in [0, 0.05) is 61.9 Å². The smallest absolute Gasteiger partial charge is 0.272 e. The van der Waals surface area contributed by atoms with E-state index in [1.807, 2.05) is 17.9 Å². The van der Waals surface area contributed by atoms with Gasteiger partial charge in [0.05, 0.1) is 12.8 Å². The third-order valence-corrected chi connectivity index (χ3v) is 8.10. The largest absolute Gasteiger partial charge is 0.497 e. The molecule has 3 aromatic rings. The number of rotatable bonds is 9. The first-order valence-corrected chi connectivity index (χ1v) is 14.1. The van der Waals surface area contributed by atoms with E-state index in [4.69, 9.17) is 9.26 Å². The molecule has 2 aromatic heterocycles. The van der Waals surface area contributed by atoms with Gasteiger partial charge >= 0.3 is 0 Å². The fourth-order valence-electron chi connectivity index (χ4n) is 5.65. The molecule has 4 heterocycles. The molecule has 2 fully saturated rings. The Morgan fingerprint density at radius 2 is 1.76 bits per heavy atom. The number of hydrogen-bond donors (Lipinski definition) is 0. The molecule has 0 N–H and O–H groups in total. The van der Waals surface area contributed by atoms with Crippen LogP contribution in [0, 0.1) is 18.8 Å². The van der Waals surface area contributed by atoms with Crippen LogP contribution in [0.1, 0.15) is 68.3 Å². The van der Waals surface area contributed by atoms with Crippen molar-refractivity contribution >= 4 is 17.5 Å². The summed E-state index contributed by atoms with van der Waals surface area (Å²) >= 11 is 0. The second-order valence-electron chi connectivity index (χ2n) is 10.9. The fourth-order valence-corrected chi connectivity index (χ4v) is 5.65. The number of hydrogen-bond acceptors (Lipinski definition) is 8. The highest BCUT2D eigenvalue weighted by Gasteiger charge is 2.32. The van der Waals surface area contributed by atoms with Crippen LogP contribution in [0.4, 0.5) is 4.39 Å². The third kappa shape index (κ3) is 6.87. The number of ether oxygens (including phenoxy) is 1. The molecule has 216 valence electrons. The quantitative estimate of drug-likeness (QED) is 0.350. The molecule has 2 atom stereocenters. The predicted molar refractivity (Wildman–Crippen MR) is 149 cm³/mol. The minimum absolute atomic E-state index is 0.0759. The van der Waals surface area contributed by atoms with Crippen molar-refractivity contribution in [1.82, 2.24) is 19.9 Å². The number of aromatic nitrogens is 2. The van der Waals surface area contributed by atoms with Crippen molar-refractivity contribution < 1.29 is 28.0 Å². The SMILES string of the molecule is COc1ccc(C(=O)C2CCN(C(=O)c3ccc(C(=O)CC4CCN(Cc5cc(C)on5)C[C@@H]4F)cn3)CC2)cc1. The lowest BCUT2D eigenvalue weighted by atomic mass is 9.88. The molecule has 1 amide bonds. The van der Waals surface area contributed by atoms with Gasteiger partial charge in [0.25, 0.3) is 5.91 Å². The number of alkyl halides is 1. The van der Waals surface area contributed by atoms with Gasteiger partial charge in [0.1, 0.15) is 23.4 Å². The monoisotopic (exact) mass is 562 g/mol. The molecule has 2 aliphatic rings. The number of nitrogens with zero attached hydrogens (tertiary/aromatic N) is 4. The number of Topliss-reactive ketones (excluding diaryl/α,β-unsaturated/α-hetero) is 2. The molecular weight excluding hydrogens is 527 g/mol. The molecule has 0 saturated carbocycles. The fraction of sp³-hybridized carbons (Fsp3) is 0.452. The van der Waals surface area contributed by atoms with Gasteiger partial charge < -0.3 is 14.2 Å². The van der Waals surface area contributed by atoms with Gasteiger partial charge in [0.2, 0.25) is 0 Å². The summed E-state index contributed by atoms with van der Waals surface area (Å²) in [6.45, 7) is 4.19. The summed E-state index contributed by atoms with van der Waals surface area (Å²) in [5, 5.41) is 3.97. The number of halogens is 1. The van der Waals surface area contributed by atoms with E-state index in [1.54, 1.807) is 48.4 Å². The van der Waals surface area contributed by atoms with Crippen molar-refractivity contribution in [3.63, 3.8) is 0 Å². The Morgan fingerprint density at radius 1 is 1.02 bits per heavy atom. The van der Waals surface area contributed by atoms with Crippen LogP contribution in [0.5, 0.6) is 5.75 Å². The summed E-state index contributed by atoms with van der Waals surface area (Å²) in [5.41, 5.74) is 2.04. The summed E-state index contributed by atoms with van der Waals surface area (Å²) in [4.78, 5) is 46.8. The summed E-state index contributed by atoms with van der Waals surface area (Å²) in [7, 11) is 1.58. The number of benzene rings is 1. The third-order valence-electron chi connectivity index (χ3n) is 8.10. The van der Waals surface area contributed by atoms with Gasteiger partial charge in [-0.05, 0) is 75.0 Å². The number of carbonyl (C=O) groups is 3. The van der Waals surface area contributed by atoms with E-state index in [1.165, 1.54) is 6.20 Å². The van der Waals surface area contributed by atoms with Crippen LogP contribution in [0.15, 0.2) is 53.2 Å². The van der Waals surface area contributed by atoms with E-state index in [2.05, 4.69) is 10.1 Å². The van der Waals surface area contributed by atoms with Crippen molar-refractivity contribution in [2.75, 3.05) is 33.3 Å². The Hall–Kier alpha value is -3.92. The second-order valence-corrected chi connectivity index (χ2v) is 10.9. The number of piperidine rings is 2. The highest BCUT2D eigenvalue weighted by Crippen LogP contribution is 2.27. The van der Waals surface area contributed by atoms with E-state index in [0.717, 1.165) is 11.5 Å². The summed E-state index contributed by atoms with van der Waals surface area (Å²) < 4.78 is 25.2. The standard InChI is InChI=1S/C31H35FN4O5/c1-20-15-25(34-41-20)18-35-12-9-23(27(32)19-35)16-29(37)24-5-8-28(33-17-24)31(39)36-13-10-22(11-14-36)30(38)21-3-6-26(40-2)7-4-21/h3-8,15,17,22-23,27H,9-14,16,18-19H2,1-2H3/t23?,27-/m0/s1. The average molecular weight is 563 g/mol. The highest BCUT2D eigenvalue weighted by molar-refractivity contribution is 5.99.